The van der Waals surface area contributed by atoms with Crippen LogP contribution in [-0.4, -0.2) is 35.3 Å². The quantitative estimate of drug-likeness (QED) is 0.743. The zero-order valence-electron chi connectivity index (χ0n) is 11.3. The van der Waals surface area contributed by atoms with E-state index in [1.807, 2.05) is 0 Å². The molecule has 1 aliphatic carbocycles. The summed E-state index contributed by atoms with van der Waals surface area (Å²) >= 11 is 0. The van der Waals surface area contributed by atoms with Crippen molar-refractivity contribution in [2.24, 2.45) is 11.8 Å². The SMILES string of the molecule is COc1cc(NCC2CCCCC2CO)nc(N)n1. The summed E-state index contributed by atoms with van der Waals surface area (Å²) in [5.41, 5.74) is 5.61. The highest BCUT2D eigenvalue weighted by molar-refractivity contribution is 5.42. The van der Waals surface area contributed by atoms with E-state index >= 15 is 0 Å². The Bertz CT molecular complexity index is 414. The van der Waals surface area contributed by atoms with Gasteiger partial charge in [-0.15, -0.1) is 0 Å². The maximum absolute atomic E-state index is 9.39. The van der Waals surface area contributed by atoms with Crippen molar-refractivity contribution in [3.05, 3.63) is 6.07 Å². The van der Waals surface area contributed by atoms with Gasteiger partial charge in [0.25, 0.3) is 0 Å². The van der Waals surface area contributed by atoms with Crippen molar-refractivity contribution in [1.29, 1.82) is 0 Å². The van der Waals surface area contributed by atoms with E-state index in [0.717, 1.165) is 19.4 Å². The zero-order valence-corrected chi connectivity index (χ0v) is 11.3. The molecule has 1 aliphatic rings. The van der Waals surface area contributed by atoms with Crippen molar-refractivity contribution in [3.63, 3.8) is 0 Å². The van der Waals surface area contributed by atoms with Crippen LogP contribution in [0, 0.1) is 11.8 Å². The number of nitrogen functional groups attached to an aromatic ring is 1. The molecule has 19 heavy (non-hydrogen) atoms. The molecule has 6 nitrogen and oxygen atoms in total. The number of ether oxygens (including phenoxy) is 1. The maximum Gasteiger partial charge on any atom is 0.225 e. The number of hydrogen-bond donors (Lipinski definition) is 3. The molecule has 1 heterocycles. The molecule has 0 amide bonds. The first-order valence-electron chi connectivity index (χ1n) is 6.76. The molecule has 0 aliphatic heterocycles. The number of anilines is 2. The van der Waals surface area contributed by atoms with Gasteiger partial charge >= 0.3 is 0 Å². The molecule has 1 aromatic heterocycles. The topological polar surface area (TPSA) is 93.3 Å². The summed E-state index contributed by atoms with van der Waals surface area (Å²) in [6, 6.07) is 1.73. The van der Waals surface area contributed by atoms with E-state index in [1.165, 1.54) is 12.8 Å². The fraction of sp³-hybridized carbons (Fsp3) is 0.692. The molecular weight excluding hydrogens is 244 g/mol. The van der Waals surface area contributed by atoms with Gasteiger partial charge in [-0.25, -0.2) is 0 Å². The third-order valence-corrected chi connectivity index (χ3v) is 3.78. The number of methoxy groups -OCH3 is 1. The van der Waals surface area contributed by atoms with Gasteiger partial charge in [0.2, 0.25) is 11.8 Å². The summed E-state index contributed by atoms with van der Waals surface area (Å²) in [6.07, 6.45) is 4.71. The molecular formula is C13H22N4O2. The Morgan fingerprint density at radius 3 is 2.79 bits per heavy atom. The van der Waals surface area contributed by atoms with Gasteiger partial charge in [0.15, 0.2) is 0 Å². The van der Waals surface area contributed by atoms with E-state index in [4.69, 9.17) is 10.5 Å². The fourth-order valence-corrected chi connectivity index (χ4v) is 2.67. The van der Waals surface area contributed by atoms with Crippen LogP contribution in [0.2, 0.25) is 0 Å². The number of aliphatic hydroxyl groups excluding tert-OH is 1. The summed E-state index contributed by atoms with van der Waals surface area (Å²) in [7, 11) is 1.55. The molecule has 1 aromatic rings. The highest BCUT2D eigenvalue weighted by Gasteiger charge is 2.24. The van der Waals surface area contributed by atoms with Gasteiger partial charge in [0.1, 0.15) is 5.82 Å². The maximum atomic E-state index is 9.39. The Morgan fingerprint density at radius 2 is 2.11 bits per heavy atom. The largest absolute Gasteiger partial charge is 0.481 e. The van der Waals surface area contributed by atoms with Crippen LogP contribution in [0.3, 0.4) is 0 Å². The Morgan fingerprint density at radius 1 is 1.37 bits per heavy atom. The molecule has 2 rings (SSSR count). The lowest BCUT2D eigenvalue weighted by atomic mass is 9.79. The van der Waals surface area contributed by atoms with E-state index in [0.29, 0.717) is 23.5 Å². The number of aromatic nitrogens is 2. The van der Waals surface area contributed by atoms with Crippen LogP contribution in [0.15, 0.2) is 6.07 Å². The average molecular weight is 266 g/mol. The molecule has 0 radical (unpaired) electrons. The summed E-state index contributed by atoms with van der Waals surface area (Å²) in [5, 5.41) is 12.7. The second-order valence-corrected chi connectivity index (χ2v) is 5.02. The van der Waals surface area contributed by atoms with E-state index in [1.54, 1.807) is 13.2 Å². The van der Waals surface area contributed by atoms with Gasteiger partial charge in [-0.3, -0.25) is 0 Å². The van der Waals surface area contributed by atoms with Crippen LogP contribution in [0.1, 0.15) is 25.7 Å². The average Bonchev–Trinajstić information content (AvgIpc) is 2.44. The van der Waals surface area contributed by atoms with Gasteiger partial charge in [0, 0.05) is 19.2 Å². The van der Waals surface area contributed by atoms with Gasteiger partial charge in [-0.1, -0.05) is 12.8 Å². The first-order valence-corrected chi connectivity index (χ1v) is 6.76. The number of hydrogen-bond acceptors (Lipinski definition) is 6. The van der Waals surface area contributed by atoms with E-state index in [9.17, 15) is 5.11 Å². The van der Waals surface area contributed by atoms with E-state index in [-0.39, 0.29) is 12.6 Å². The molecule has 0 saturated heterocycles. The van der Waals surface area contributed by atoms with Crippen molar-refractivity contribution in [3.8, 4) is 5.88 Å². The predicted molar refractivity (Wildman–Crippen MR) is 74.0 cm³/mol. The second kappa shape index (κ2) is 6.56. The van der Waals surface area contributed by atoms with Crippen molar-refractivity contribution in [2.45, 2.75) is 25.7 Å². The van der Waals surface area contributed by atoms with Crippen LogP contribution in [0.25, 0.3) is 0 Å². The number of nitrogens with two attached hydrogens (primary N) is 1. The molecule has 6 heteroatoms. The lowest BCUT2D eigenvalue weighted by Gasteiger charge is -2.30. The van der Waals surface area contributed by atoms with Crippen molar-refractivity contribution in [1.82, 2.24) is 9.97 Å². The Hall–Kier alpha value is -1.56. The normalized spacial score (nSPS) is 23.1. The van der Waals surface area contributed by atoms with Crippen molar-refractivity contribution in [2.75, 3.05) is 31.3 Å². The third kappa shape index (κ3) is 3.70. The minimum Gasteiger partial charge on any atom is -0.481 e. The smallest absolute Gasteiger partial charge is 0.225 e. The van der Waals surface area contributed by atoms with Crippen LogP contribution in [0.5, 0.6) is 5.88 Å². The highest BCUT2D eigenvalue weighted by atomic mass is 16.5. The number of nitrogens with zero attached hydrogens (tertiary/aromatic N) is 2. The van der Waals surface area contributed by atoms with Crippen LogP contribution < -0.4 is 15.8 Å². The van der Waals surface area contributed by atoms with Crippen LogP contribution in [0.4, 0.5) is 11.8 Å². The number of rotatable bonds is 5. The summed E-state index contributed by atoms with van der Waals surface area (Å²) in [6.45, 7) is 1.06. The lowest BCUT2D eigenvalue weighted by Crippen LogP contribution is -2.28. The zero-order chi connectivity index (χ0) is 13.7. The van der Waals surface area contributed by atoms with Crippen molar-refractivity contribution < 1.29 is 9.84 Å². The Balaban J connectivity index is 1.95. The van der Waals surface area contributed by atoms with Crippen LogP contribution in [-0.2, 0) is 0 Å². The Kier molecular flexibility index (Phi) is 4.79. The monoisotopic (exact) mass is 266 g/mol. The highest BCUT2D eigenvalue weighted by Crippen LogP contribution is 2.29. The van der Waals surface area contributed by atoms with Crippen LogP contribution >= 0.6 is 0 Å². The molecule has 0 spiro atoms. The summed E-state index contributed by atoms with van der Waals surface area (Å²) in [5.74, 6) is 2.21. The van der Waals surface area contributed by atoms with E-state index in [2.05, 4.69) is 15.3 Å². The van der Waals surface area contributed by atoms with E-state index < -0.39 is 0 Å². The van der Waals surface area contributed by atoms with Crippen molar-refractivity contribution >= 4 is 11.8 Å². The number of nitrogens with one attached hydrogen (secondary N) is 1. The molecule has 1 fully saturated rings. The van der Waals surface area contributed by atoms with Gasteiger partial charge in [-0.05, 0) is 24.7 Å². The minimum absolute atomic E-state index is 0.198. The molecule has 1 saturated carbocycles. The standard InChI is InChI=1S/C13H22N4O2/c1-19-12-6-11(16-13(14)17-12)15-7-9-4-2-3-5-10(9)8-18/h6,9-10,18H,2-5,7-8H2,1H3,(H3,14,15,16,17). The molecule has 4 N–H and O–H groups in total. The first kappa shape index (κ1) is 13.9. The lowest BCUT2D eigenvalue weighted by molar-refractivity contribution is 0.141. The predicted octanol–water partition coefficient (Wildman–Crippen LogP) is 1.28. The molecule has 0 bridgehead atoms. The third-order valence-electron chi connectivity index (χ3n) is 3.78. The molecule has 2 atom stereocenters. The Labute approximate surface area is 113 Å². The van der Waals surface area contributed by atoms with Gasteiger partial charge < -0.3 is 20.9 Å². The molecule has 0 aromatic carbocycles. The van der Waals surface area contributed by atoms with Gasteiger partial charge in [0.05, 0.1) is 7.11 Å². The fourth-order valence-electron chi connectivity index (χ4n) is 2.67. The molecule has 2 unspecified atom stereocenters. The van der Waals surface area contributed by atoms with Gasteiger partial charge in [-0.2, -0.15) is 9.97 Å². The molecule has 106 valence electrons. The summed E-state index contributed by atoms with van der Waals surface area (Å²) in [4.78, 5) is 8.07. The minimum atomic E-state index is 0.198. The second-order valence-electron chi connectivity index (χ2n) is 5.02. The number of aliphatic hydroxyl groups is 1. The summed E-state index contributed by atoms with van der Waals surface area (Å²) < 4.78 is 5.06. The first-order chi connectivity index (χ1) is 9.22.